The Kier molecular flexibility index (Phi) is 4.55. The van der Waals surface area contributed by atoms with Gasteiger partial charge in [0.05, 0.1) is 29.4 Å². The second-order valence-electron chi connectivity index (χ2n) is 6.29. The fraction of sp³-hybridized carbons (Fsp3) is 0.333. The van der Waals surface area contributed by atoms with E-state index in [1.165, 1.54) is 0 Å². The van der Waals surface area contributed by atoms with Gasteiger partial charge in [-0.3, -0.25) is 9.38 Å². The first-order valence-electron chi connectivity index (χ1n) is 8.12. The molecule has 24 heavy (non-hydrogen) atoms. The monoisotopic (exact) mass is 322 g/mol. The average molecular weight is 322 g/mol. The highest BCUT2D eigenvalue weighted by atomic mass is 15.0. The van der Waals surface area contributed by atoms with E-state index < -0.39 is 0 Å². The zero-order valence-corrected chi connectivity index (χ0v) is 14.5. The number of hydrogen-bond donors (Lipinski definition) is 0. The first-order valence-corrected chi connectivity index (χ1v) is 8.12. The predicted octanol–water partition coefficient (Wildman–Crippen LogP) is 3.71. The Morgan fingerprint density at radius 1 is 0.792 bits per heavy atom. The first kappa shape index (κ1) is 16.1. The van der Waals surface area contributed by atoms with Gasteiger partial charge < -0.3 is 4.40 Å². The van der Waals surface area contributed by atoms with Gasteiger partial charge in [0.2, 0.25) is 0 Å². The summed E-state index contributed by atoms with van der Waals surface area (Å²) in [5, 5.41) is 0. The normalized spacial score (nSPS) is 11.2. The van der Waals surface area contributed by atoms with Gasteiger partial charge in [0.15, 0.2) is 5.65 Å². The van der Waals surface area contributed by atoms with Gasteiger partial charge in [0, 0.05) is 24.8 Å². The molecule has 6 heteroatoms. The van der Waals surface area contributed by atoms with Gasteiger partial charge in [-0.05, 0) is 17.9 Å². The van der Waals surface area contributed by atoms with Crippen molar-refractivity contribution in [2.24, 2.45) is 0 Å². The topological polar surface area (TPSA) is 60.4 Å². The van der Waals surface area contributed by atoms with Crippen molar-refractivity contribution in [3.05, 3.63) is 61.1 Å². The van der Waals surface area contributed by atoms with Crippen LogP contribution in [0.4, 0.5) is 0 Å². The van der Waals surface area contributed by atoms with E-state index in [1.54, 1.807) is 18.7 Å². The molecule has 0 bridgehead atoms. The van der Waals surface area contributed by atoms with E-state index in [4.69, 9.17) is 0 Å². The highest BCUT2D eigenvalue weighted by Gasteiger charge is 2.08. The van der Waals surface area contributed by atoms with Gasteiger partial charge in [-0.15, -0.1) is 0 Å². The number of hydrogen-bond acceptors (Lipinski definition) is 4. The van der Waals surface area contributed by atoms with E-state index >= 15 is 0 Å². The van der Waals surface area contributed by atoms with Crippen LogP contribution in [0.15, 0.2) is 49.7 Å². The Bertz CT molecular complexity index is 857. The zero-order chi connectivity index (χ0) is 17.1. The maximum absolute atomic E-state index is 4.32. The molecule has 0 atom stereocenters. The minimum absolute atomic E-state index is 0.435. The summed E-state index contributed by atoms with van der Waals surface area (Å²) in [7, 11) is 0. The predicted molar refractivity (Wildman–Crippen MR) is 94.2 cm³/mol. The second kappa shape index (κ2) is 6.78. The quantitative estimate of drug-likeness (QED) is 0.564. The summed E-state index contributed by atoms with van der Waals surface area (Å²) in [5.74, 6) is 0.893. The molecule has 0 aromatic carbocycles. The molecule has 124 valence electrons. The maximum atomic E-state index is 4.32. The summed E-state index contributed by atoms with van der Waals surface area (Å²) in [5.41, 5.74) is 4.25. The third-order valence-corrected chi connectivity index (χ3v) is 3.79. The van der Waals surface area contributed by atoms with Crippen molar-refractivity contribution in [2.75, 3.05) is 0 Å². The molecular formula is C18H22N6. The lowest BCUT2D eigenvalue weighted by atomic mass is 10.1. The summed E-state index contributed by atoms with van der Waals surface area (Å²) in [6.45, 7) is 8.51. The van der Waals surface area contributed by atoms with Crippen LogP contribution in [0.3, 0.4) is 0 Å². The smallest absolute Gasteiger partial charge is 0.159 e. The minimum Gasteiger partial charge on any atom is -0.303 e. The van der Waals surface area contributed by atoms with Crippen LogP contribution in [0.5, 0.6) is 0 Å². The van der Waals surface area contributed by atoms with Crippen molar-refractivity contribution in [2.45, 2.75) is 39.5 Å². The molecular weight excluding hydrogens is 300 g/mol. The van der Waals surface area contributed by atoms with E-state index in [0.717, 1.165) is 22.6 Å². The van der Waals surface area contributed by atoms with Crippen LogP contribution in [0, 0.1) is 0 Å². The third kappa shape index (κ3) is 3.13. The molecule has 0 aliphatic heterocycles. The van der Waals surface area contributed by atoms with Gasteiger partial charge in [0.1, 0.15) is 6.33 Å². The maximum Gasteiger partial charge on any atom is 0.159 e. The lowest BCUT2D eigenvalue weighted by molar-refractivity contribution is 0.837. The molecule has 4 rings (SSSR count). The molecule has 4 aromatic heterocycles. The van der Waals surface area contributed by atoms with E-state index in [9.17, 15) is 0 Å². The van der Waals surface area contributed by atoms with Crippen LogP contribution in [0.2, 0.25) is 0 Å². The molecule has 0 saturated carbocycles. The first-order chi connectivity index (χ1) is 11.6. The van der Waals surface area contributed by atoms with E-state index in [0.29, 0.717) is 11.8 Å². The molecule has 0 aliphatic carbocycles. The Morgan fingerprint density at radius 2 is 1.50 bits per heavy atom. The summed E-state index contributed by atoms with van der Waals surface area (Å²) in [4.78, 5) is 16.9. The molecule has 0 fully saturated rings. The van der Waals surface area contributed by atoms with Gasteiger partial charge in [-0.2, -0.15) is 0 Å². The number of rotatable bonds is 2. The molecule has 0 N–H and O–H groups in total. The largest absolute Gasteiger partial charge is 0.303 e. The van der Waals surface area contributed by atoms with Gasteiger partial charge in [-0.25, -0.2) is 15.0 Å². The average Bonchev–Trinajstić information content (AvgIpc) is 3.19. The van der Waals surface area contributed by atoms with Crippen molar-refractivity contribution < 1.29 is 0 Å². The fourth-order valence-corrected chi connectivity index (χ4v) is 2.57. The molecule has 0 amide bonds. The highest BCUT2D eigenvalue weighted by molar-refractivity contribution is 5.50. The molecule has 4 heterocycles. The van der Waals surface area contributed by atoms with Gasteiger partial charge in [-0.1, -0.05) is 27.7 Å². The summed E-state index contributed by atoms with van der Waals surface area (Å²) in [6.07, 6.45) is 12.9. The van der Waals surface area contributed by atoms with Crippen LogP contribution in [0.1, 0.15) is 50.9 Å². The Balaban J connectivity index is 0.000000141. The zero-order valence-electron chi connectivity index (χ0n) is 14.5. The van der Waals surface area contributed by atoms with Crippen molar-refractivity contribution in [3.63, 3.8) is 0 Å². The van der Waals surface area contributed by atoms with Crippen molar-refractivity contribution >= 4 is 11.2 Å². The van der Waals surface area contributed by atoms with Crippen LogP contribution < -0.4 is 0 Å². The van der Waals surface area contributed by atoms with Crippen molar-refractivity contribution in [3.8, 4) is 0 Å². The number of nitrogens with zero attached hydrogens (tertiary/aromatic N) is 6. The number of imidazole rings is 2. The lowest BCUT2D eigenvalue weighted by Crippen LogP contribution is -1.91. The SMILES string of the molecule is CC(C)c1ncn2cccnc12.CC(C)c1ncn2ccncc12. The van der Waals surface area contributed by atoms with Gasteiger partial charge in [0.25, 0.3) is 0 Å². The Labute approximate surface area is 141 Å². The van der Waals surface area contributed by atoms with Crippen LogP contribution in [0.25, 0.3) is 11.2 Å². The molecule has 6 nitrogen and oxygen atoms in total. The number of aromatic nitrogens is 6. The van der Waals surface area contributed by atoms with E-state index in [-0.39, 0.29) is 0 Å². The third-order valence-electron chi connectivity index (χ3n) is 3.79. The molecule has 4 aromatic rings. The molecule has 0 radical (unpaired) electrons. The fourth-order valence-electron chi connectivity index (χ4n) is 2.57. The van der Waals surface area contributed by atoms with Gasteiger partial charge >= 0.3 is 0 Å². The highest BCUT2D eigenvalue weighted by Crippen LogP contribution is 2.17. The molecule has 0 spiro atoms. The second-order valence-corrected chi connectivity index (χ2v) is 6.29. The molecule has 0 saturated heterocycles. The molecule has 0 aliphatic rings. The lowest BCUT2D eigenvalue weighted by Gasteiger charge is -1.99. The van der Waals surface area contributed by atoms with Crippen LogP contribution in [-0.2, 0) is 0 Å². The number of fused-ring (bicyclic) bond motifs is 2. The van der Waals surface area contributed by atoms with E-state index in [2.05, 4.69) is 47.6 Å². The summed E-state index contributed by atoms with van der Waals surface area (Å²) >= 11 is 0. The minimum atomic E-state index is 0.435. The van der Waals surface area contributed by atoms with Crippen molar-refractivity contribution in [1.82, 2.24) is 28.7 Å². The Morgan fingerprint density at radius 3 is 2.25 bits per heavy atom. The summed E-state index contributed by atoms with van der Waals surface area (Å²) in [6, 6.07) is 1.90. The van der Waals surface area contributed by atoms with Crippen LogP contribution in [-0.4, -0.2) is 28.7 Å². The molecule has 0 unspecified atom stereocenters. The Hall–Kier alpha value is -2.76. The van der Waals surface area contributed by atoms with Crippen LogP contribution >= 0.6 is 0 Å². The standard InChI is InChI=1S/2C9H11N3/c1-7(2)9-8-5-10-3-4-12(8)6-11-9;1-7(2)8-9-10-4-3-5-12(9)6-11-8/h2*3-7H,1-2H3. The van der Waals surface area contributed by atoms with Crippen molar-refractivity contribution in [1.29, 1.82) is 0 Å². The van der Waals surface area contributed by atoms with E-state index in [1.807, 2.05) is 39.8 Å². The summed E-state index contributed by atoms with van der Waals surface area (Å²) < 4.78 is 3.93.